The Morgan fingerprint density at radius 1 is 1.08 bits per heavy atom. The molecule has 0 saturated carbocycles. The Hall–Kier alpha value is -2.73. The minimum atomic E-state index is -0.444. The molecule has 0 unspecified atom stereocenters. The molecule has 1 aromatic carbocycles. The molecule has 1 aromatic heterocycles. The largest absolute Gasteiger partial charge is 0.465 e. The molecule has 0 bridgehead atoms. The molecule has 1 aliphatic rings. The van der Waals surface area contributed by atoms with E-state index in [9.17, 15) is 9.59 Å². The van der Waals surface area contributed by atoms with Crippen molar-refractivity contribution in [1.29, 1.82) is 0 Å². The number of carbonyl (C=O) groups is 2. The molecule has 1 aliphatic heterocycles. The number of furan rings is 1. The van der Waals surface area contributed by atoms with Gasteiger partial charge >= 0.3 is 0 Å². The molecule has 0 N–H and O–H groups in total. The summed E-state index contributed by atoms with van der Waals surface area (Å²) in [5.41, 5.74) is 0.669. The van der Waals surface area contributed by atoms with Crippen LogP contribution in [0.2, 0.25) is 0 Å². The zero-order chi connectivity index (χ0) is 17.1. The molecule has 1 saturated heterocycles. The van der Waals surface area contributed by atoms with Crippen LogP contribution in [0.1, 0.15) is 19.1 Å². The average Bonchev–Trinajstić information content (AvgIpc) is 3.10. The fourth-order valence-electron chi connectivity index (χ4n) is 2.52. The van der Waals surface area contributed by atoms with Gasteiger partial charge in [-0.25, -0.2) is 0 Å². The molecule has 122 valence electrons. The highest BCUT2D eigenvalue weighted by Crippen LogP contribution is 2.26. The lowest BCUT2D eigenvalue weighted by molar-refractivity contribution is -0.127. The lowest BCUT2D eigenvalue weighted by Gasteiger charge is -2.36. The monoisotopic (exact) mass is 340 g/mol. The van der Waals surface area contributed by atoms with Gasteiger partial charge in [0.25, 0.3) is 11.8 Å². The maximum Gasteiger partial charge on any atom is 0.270 e. The second-order valence-electron chi connectivity index (χ2n) is 5.29. The lowest BCUT2D eigenvalue weighted by Crippen LogP contribution is -2.56. The van der Waals surface area contributed by atoms with E-state index in [0.717, 1.165) is 6.42 Å². The Balaban J connectivity index is 2.08. The fraction of sp³-hybridized carbons (Fsp3) is 0.167. The summed E-state index contributed by atoms with van der Waals surface area (Å²) in [6, 6.07) is 12.5. The molecule has 0 aliphatic carbocycles. The van der Waals surface area contributed by atoms with Gasteiger partial charge in [0.1, 0.15) is 11.3 Å². The van der Waals surface area contributed by atoms with Crippen LogP contribution in [0.25, 0.3) is 6.08 Å². The van der Waals surface area contributed by atoms with E-state index in [1.54, 1.807) is 24.3 Å². The first-order valence-electron chi connectivity index (χ1n) is 7.64. The predicted octanol–water partition coefficient (Wildman–Crippen LogP) is 3.23. The van der Waals surface area contributed by atoms with Gasteiger partial charge in [-0.1, -0.05) is 25.1 Å². The number of anilines is 1. The summed E-state index contributed by atoms with van der Waals surface area (Å²) in [6.07, 6.45) is 3.69. The van der Waals surface area contributed by atoms with Gasteiger partial charge in [0.15, 0.2) is 5.11 Å². The third-order valence-electron chi connectivity index (χ3n) is 3.62. The molecule has 2 heterocycles. The van der Waals surface area contributed by atoms with E-state index >= 15 is 0 Å². The van der Waals surface area contributed by atoms with Crippen molar-refractivity contribution >= 4 is 40.9 Å². The van der Waals surface area contributed by atoms with Crippen LogP contribution in [0.5, 0.6) is 0 Å². The number of para-hydroxylation sites is 1. The number of benzene rings is 1. The van der Waals surface area contributed by atoms with E-state index in [2.05, 4.69) is 0 Å². The average molecular weight is 340 g/mol. The minimum absolute atomic E-state index is 0.0378. The number of amides is 2. The molecule has 6 heteroatoms. The third-order valence-corrected chi connectivity index (χ3v) is 4.03. The molecule has 24 heavy (non-hydrogen) atoms. The number of hydrogen-bond acceptors (Lipinski definition) is 4. The van der Waals surface area contributed by atoms with Crippen LogP contribution < -0.4 is 4.90 Å². The molecular formula is C18H16N2O3S. The van der Waals surface area contributed by atoms with Crippen LogP contribution in [-0.4, -0.2) is 28.4 Å². The highest BCUT2D eigenvalue weighted by atomic mass is 32.1. The van der Waals surface area contributed by atoms with Crippen molar-refractivity contribution in [2.24, 2.45) is 0 Å². The number of thiocarbonyl (C=S) groups is 1. The van der Waals surface area contributed by atoms with Crippen molar-refractivity contribution in [3.63, 3.8) is 0 Å². The quantitative estimate of drug-likeness (QED) is 0.487. The smallest absolute Gasteiger partial charge is 0.270 e. The molecular weight excluding hydrogens is 324 g/mol. The first-order chi connectivity index (χ1) is 11.6. The number of nitrogens with zero attached hydrogens (tertiary/aromatic N) is 2. The number of rotatable bonds is 4. The molecule has 0 radical (unpaired) electrons. The zero-order valence-electron chi connectivity index (χ0n) is 13.1. The van der Waals surface area contributed by atoms with Crippen molar-refractivity contribution < 1.29 is 14.0 Å². The minimum Gasteiger partial charge on any atom is -0.465 e. The Labute approximate surface area is 145 Å². The molecule has 3 rings (SSSR count). The third kappa shape index (κ3) is 2.88. The van der Waals surface area contributed by atoms with Gasteiger partial charge in [-0.05, 0) is 49.0 Å². The summed E-state index contributed by atoms with van der Waals surface area (Å²) >= 11 is 5.41. The van der Waals surface area contributed by atoms with Crippen molar-refractivity contribution in [2.45, 2.75) is 13.3 Å². The first-order valence-corrected chi connectivity index (χ1v) is 8.05. The van der Waals surface area contributed by atoms with Gasteiger partial charge in [-0.2, -0.15) is 0 Å². The summed E-state index contributed by atoms with van der Waals surface area (Å²) in [4.78, 5) is 28.5. The summed E-state index contributed by atoms with van der Waals surface area (Å²) in [5.74, 6) is -0.389. The topological polar surface area (TPSA) is 53.8 Å². The predicted molar refractivity (Wildman–Crippen MR) is 95.2 cm³/mol. The van der Waals surface area contributed by atoms with E-state index in [0.29, 0.717) is 18.0 Å². The highest BCUT2D eigenvalue weighted by molar-refractivity contribution is 7.80. The lowest BCUT2D eigenvalue weighted by atomic mass is 10.1. The number of carbonyl (C=O) groups excluding carboxylic acids is 2. The molecule has 0 spiro atoms. The van der Waals surface area contributed by atoms with Gasteiger partial charge in [0.2, 0.25) is 0 Å². The maximum atomic E-state index is 12.9. The fourth-order valence-corrected chi connectivity index (χ4v) is 2.88. The second-order valence-corrected chi connectivity index (χ2v) is 5.65. The van der Waals surface area contributed by atoms with Gasteiger partial charge in [0.05, 0.1) is 12.0 Å². The van der Waals surface area contributed by atoms with Gasteiger partial charge < -0.3 is 4.42 Å². The Morgan fingerprint density at radius 3 is 2.46 bits per heavy atom. The summed E-state index contributed by atoms with van der Waals surface area (Å²) in [6.45, 7) is 2.40. The van der Waals surface area contributed by atoms with Crippen molar-refractivity contribution in [1.82, 2.24) is 4.90 Å². The van der Waals surface area contributed by atoms with E-state index < -0.39 is 11.8 Å². The van der Waals surface area contributed by atoms with Crippen LogP contribution in [0.15, 0.2) is 58.7 Å². The maximum absolute atomic E-state index is 12.9. The van der Waals surface area contributed by atoms with Gasteiger partial charge in [-0.15, -0.1) is 0 Å². The number of hydrogen-bond donors (Lipinski definition) is 0. The van der Waals surface area contributed by atoms with Gasteiger partial charge in [-0.3, -0.25) is 19.4 Å². The van der Waals surface area contributed by atoms with Crippen molar-refractivity contribution in [3.05, 3.63) is 60.1 Å². The normalized spacial score (nSPS) is 17.0. The van der Waals surface area contributed by atoms with Crippen LogP contribution in [-0.2, 0) is 9.59 Å². The van der Waals surface area contributed by atoms with E-state index in [1.807, 2.05) is 25.1 Å². The van der Waals surface area contributed by atoms with E-state index in [-0.39, 0.29) is 10.7 Å². The first kappa shape index (κ1) is 16.1. The highest BCUT2D eigenvalue weighted by Gasteiger charge is 2.39. The Morgan fingerprint density at radius 2 is 1.83 bits per heavy atom. The van der Waals surface area contributed by atoms with Crippen LogP contribution in [0, 0.1) is 0 Å². The van der Waals surface area contributed by atoms with Gasteiger partial charge in [0, 0.05) is 6.54 Å². The molecule has 0 atom stereocenters. The SMILES string of the molecule is CCCN1C(=O)C(=Cc2ccco2)C(=O)N(c2ccccc2)C1=S. The van der Waals surface area contributed by atoms with Crippen molar-refractivity contribution in [3.8, 4) is 0 Å². The van der Waals surface area contributed by atoms with Crippen LogP contribution in [0.3, 0.4) is 0 Å². The summed E-state index contributed by atoms with van der Waals surface area (Å²) < 4.78 is 5.25. The molecule has 1 fully saturated rings. The van der Waals surface area contributed by atoms with Crippen LogP contribution in [0.4, 0.5) is 5.69 Å². The summed E-state index contributed by atoms with van der Waals surface area (Å²) in [7, 11) is 0. The molecule has 2 amide bonds. The molecule has 2 aromatic rings. The Kier molecular flexibility index (Phi) is 4.57. The van der Waals surface area contributed by atoms with E-state index in [4.69, 9.17) is 16.6 Å². The van der Waals surface area contributed by atoms with Crippen LogP contribution >= 0.6 is 12.2 Å². The second kappa shape index (κ2) is 6.80. The molecule has 5 nitrogen and oxygen atoms in total. The zero-order valence-corrected chi connectivity index (χ0v) is 14.0. The van der Waals surface area contributed by atoms with E-state index in [1.165, 1.54) is 22.1 Å². The van der Waals surface area contributed by atoms with Crippen molar-refractivity contribution in [2.75, 3.05) is 11.4 Å². The summed E-state index contributed by atoms with van der Waals surface area (Å²) in [5, 5.41) is 0.203. The Bertz CT molecular complexity index is 797. The standard InChI is InChI=1S/C18H16N2O3S/c1-2-10-19-16(21)15(12-14-9-6-11-23-14)17(22)20(18(19)24)13-7-4-3-5-8-13/h3-9,11-12H,2,10H2,1H3.